The van der Waals surface area contributed by atoms with Gasteiger partial charge in [0.25, 0.3) is 5.91 Å². The number of rotatable bonds is 4. The van der Waals surface area contributed by atoms with E-state index in [1.165, 1.54) is 12.1 Å². The van der Waals surface area contributed by atoms with E-state index in [1.54, 1.807) is 13.0 Å². The zero-order valence-corrected chi connectivity index (χ0v) is 11.9. The Bertz CT molecular complexity index is 416. The van der Waals surface area contributed by atoms with Gasteiger partial charge in [0.15, 0.2) is 0 Å². The molecule has 1 aromatic carbocycles. The number of hydrogen-bond donors (Lipinski definition) is 1. The van der Waals surface area contributed by atoms with Gasteiger partial charge in [-0.25, -0.2) is 4.39 Å². The van der Waals surface area contributed by atoms with Gasteiger partial charge in [0.1, 0.15) is 5.82 Å². The zero-order valence-electron chi connectivity index (χ0n) is 10.3. The first-order chi connectivity index (χ1) is 7.91. The van der Waals surface area contributed by atoms with Gasteiger partial charge < -0.3 is 5.32 Å². The Morgan fingerprint density at radius 2 is 2.18 bits per heavy atom. The number of nitrogens with one attached hydrogen (secondary N) is 1. The number of carbonyl (C=O) groups is 1. The van der Waals surface area contributed by atoms with Gasteiger partial charge >= 0.3 is 0 Å². The van der Waals surface area contributed by atoms with Gasteiger partial charge in [-0.2, -0.15) is 0 Å². The molecule has 94 valence electrons. The van der Waals surface area contributed by atoms with Crippen LogP contribution < -0.4 is 5.32 Å². The highest BCUT2D eigenvalue weighted by Gasteiger charge is 2.24. The number of benzene rings is 1. The maximum absolute atomic E-state index is 13.6. The second-order valence-corrected chi connectivity index (χ2v) is 5.05. The van der Waals surface area contributed by atoms with E-state index in [0.717, 1.165) is 12.0 Å². The molecule has 0 heterocycles. The van der Waals surface area contributed by atoms with Gasteiger partial charge in [-0.3, -0.25) is 4.79 Å². The number of carbonyl (C=O) groups excluding carboxylic acids is 1. The van der Waals surface area contributed by atoms with Crippen LogP contribution in [0.2, 0.25) is 0 Å². The van der Waals surface area contributed by atoms with Crippen molar-refractivity contribution >= 4 is 21.8 Å². The topological polar surface area (TPSA) is 29.1 Å². The molecule has 0 fully saturated rings. The van der Waals surface area contributed by atoms with E-state index in [-0.39, 0.29) is 17.0 Å². The van der Waals surface area contributed by atoms with Crippen molar-refractivity contribution in [2.75, 3.05) is 5.33 Å². The third-order valence-corrected chi connectivity index (χ3v) is 4.10. The summed E-state index contributed by atoms with van der Waals surface area (Å²) < 4.78 is 13.6. The van der Waals surface area contributed by atoms with Crippen LogP contribution >= 0.6 is 15.9 Å². The van der Waals surface area contributed by atoms with E-state index in [0.29, 0.717) is 5.33 Å². The molecule has 0 aliphatic rings. The molecule has 1 atom stereocenters. The summed E-state index contributed by atoms with van der Waals surface area (Å²) in [5.74, 6) is -0.846. The van der Waals surface area contributed by atoms with E-state index in [2.05, 4.69) is 21.2 Å². The Kier molecular flexibility index (Phi) is 4.69. The van der Waals surface area contributed by atoms with Gasteiger partial charge in [-0.05, 0) is 38.0 Å². The summed E-state index contributed by atoms with van der Waals surface area (Å²) >= 11 is 3.35. The number of amides is 1. The minimum atomic E-state index is -0.476. The van der Waals surface area contributed by atoms with Crippen molar-refractivity contribution in [3.8, 4) is 0 Å². The average molecular weight is 302 g/mol. The molecule has 0 aromatic heterocycles. The van der Waals surface area contributed by atoms with Gasteiger partial charge in [-0.15, -0.1) is 0 Å². The maximum Gasteiger partial charge on any atom is 0.254 e. The summed E-state index contributed by atoms with van der Waals surface area (Å²) in [6.45, 7) is 5.69. The predicted octanol–water partition coefficient (Wildman–Crippen LogP) is 3.43. The van der Waals surface area contributed by atoms with Gasteiger partial charge in [0, 0.05) is 10.9 Å². The molecule has 0 aliphatic heterocycles. The lowest BCUT2D eigenvalue weighted by Gasteiger charge is -2.27. The normalized spacial score (nSPS) is 14.2. The van der Waals surface area contributed by atoms with Crippen LogP contribution in [0.4, 0.5) is 4.39 Å². The molecule has 1 unspecified atom stereocenters. The van der Waals surface area contributed by atoms with E-state index >= 15 is 0 Å². The SMILES string of the molecule is CCC(C)(CBr)NC(=O)c1ccc(C)cc1F. The third kappa shape index (κ3) is 3.53. The fourth-order valence-electron chi connectivity index (χ4n) is 1.36. The van der Waals surface area contributed by atoms with Crippen LogP contribution in [-0.4, -0.2) is 16.8 Å². The van der Waals surface area contributed by atoms with Crippen molar-refractivity contribution in [2.24, 2.45) is 0 Å². The predicted molar refractivity (Wildman–Crippen MR) is 71.1 cm³/mol. The Morgan fingerprint density at radius 1 is 1.53 bits per heavy atom. The van der Waals surface area contributed by atoms with Gasteiger partial charge in [0.05, 0.1) is 5.56 Å². The molecule has 1 rings (SSSR count). The molecular weight excluding hydrogens is 285 g/mol. The quantitative estimate of drug-likeness (QED) is 0.848. The lowest BCUT2D eigenvalue weighted by Crippen LogP contribution is -2.47. The lowest BCUT2D eigenvalue weighted by atomic mass is 10.0. The Morgan fingerprint density at radius 3 is 2.65 bits per heavy atom. The highest BCUT2D eigenvalue weighted by molar-refractivity contribution is 9.09. The first-order valence-corrected chi connectivity index (χ1v) is 6.68. The largest absolute Gasteiger partial charge is 0.346 e. The molecule has 0 aliphatic carbocycles. The lowest BCUT2D eigenvalue weighted by molar-refractivity contribution is 0.0909. The number of hydrogen-bond acceptors (Lipinski definition) is 1. The molecule has 0 radical (unpaired) electrons. The molecule has 4 heteroatoms. The first-order valence-electron chi connectivity index (χ1n) is 5.56. The molecule has 2 nitrogen and oxygen atoms in total. The second-order valence-electron chi connectivity index (χ2n) is 4.49. The minimum Gasteiger partial charge on any atom is -0.346 e. The summed E-state index contributed by atoms with van der Waals surface area (Å²) in [4.78, 5) is 11.9. The highest BCUT2D eigenvalue weighted by Crippen LogP contribution is 2.15. The molecule has 1 N–H and O–H groups in total. The molecule has 1 aromatic rings. The minimum absolute atomic E-state index is 0.0937. The van der Waals surface area contributed by atoms with Crippen molar-refractivity contribution in [1.29, 1.82) is 0 Å². The Labute approximate surface area is 110 Å². The Balaban J connectivity index is 2.90. The van der Waals surface area contributed by atoms with Crippen molar-refractivity contribution in [2.45, 2.75) is 32.7 Å². The summed E-state index contributed by atoms with van der Waals surface area (Å²) in [6.07, 6.45) is 0.775. The van der Waals surface area contributed by atoms with Crippen LogP contribution in [0.3, 0.4) is 0 Å². The molecule has 0 saturated heterocycles. The standard InChI is InChI=1S/C13H17BrFNO/c1-4-13(3,8-14)16-12(17)10-6-5-9(2)7-11(10)15/h5-7H,4,8H2,1-3H3,(H,16,17). The number of halogens is 2. The molecule has 0 saturated carbocycles. The molecule has 0 bridgehead atoms. The smallest absolute Gasteiger partial charge is 0.254 e. The van der Waals surface area contributed by atoms with Crippen molar-refractivity contribution < 1.29 is 9.18 Å². The Hall–Kier alpha value is -0.900. The average Bonchev–Trinajstić information content (AvgIpc) is 2.28. The van der Waals surface area contributed by atoms with E-state index in [9.17, 15) is 9.18 Å². The zero-order chi connectivity index (χ0) is 13.1. The fraction of sp³-hybridized carbons (Fsp3) is 0.462. The summed E-state index contributed by atoms with van der Waals surface area (Å²) in [5, 5.41) is 3.48. The van der Waals surface area contributed by atoms with Gasteiger partial charge in [-0.1, -0.05) is 28.9 Å². The highest BCUT2D eigenvalue weighted by atomic mass is 79.9. The van der Waals surface area contributed by atoms with Crippen LogP contribution in [0.15, 0.2) is 18.2 Å². The molecular formula is C13H17BrFNO. The van der Waals surface area contributed by atoms with Crippen LogP contribution in [-0.2, 0) is 0 Å². The summed E-state index contributed by atoms with van der Waals surface area (Å²) in [6, 6.07) is 4.62. The van der Waals surface area contributed by atoms with Crippen molar-refractivity contribution in [3.63, 3.8) is 0 Å². The molecule has 1 amide bonds. The molecule has 0 spiro atoms. The van der Waals surface area contributed by atoms with Crippen molar-refractivity contribution in [3.05, 3.63) is 35.1 Å². The number of aryl methyl sites for hydroxylation is 1. The summed E-state index contributed by atoms with van der Waals surface area (Å²) in [5.41, 5.74) is 0.544. The number of alkyl halides is 1. The second kappa shape index (κ2) is 5.63. The van der Waals surface area contributed by atoms with Crippen molar-refractivity contribution in [1.82, 2.24) is 5.32 Å². The van der Waals surface area contributed by atoms with Crippen LogP contribution in [0.5, 0.6) is 0 Å². The summed E-state index contributed by atoms with van der Waals surface area (Å²) in [7, 11) is 0. The first kappa shape index (κ1) is 14.2. The van der Waals surface area contributed by atoms with Crippen LogP contribution in [0, 0.1) is 12.7 Å². The third-order valence-electron chi connectivity index (χ3n) is 2.86. The van der Waals surface area contributed by atoms with Gasteiger partial charge in [0.2, 0.25) is 0 Å². The monoisotopic (exact) mass is 301 g/mol. The van der Waals surface area contributed by atoms with Crippen LogP contribution in [0.1, 0.15) is 36.2 Å². The van der Waals surface area contributed by atoms with E-state index in [1.807, 2.05) is 13.8 Å². The fourth-order valence-corrected chi connectivity index (χ4v) is 1.90. The van der Waals surface area contributed by atoms with Crippen LogP contribution in [0.25, 0.3) is 0 Å². The van der Waals surface area contributed by atoms with E-state index < -0.39 is 5.82 Å². The molecule has 17 heavy (non-hydrogen) atoms. The maximum atomic E-state index is 13.6. The van der Waals surface area contributed by atoms with E-state index in [4.69, 9.17) is 0 Å².